The average molecular weight is 347 g/mol. The summed E-state index contributed by atoms with van der Waals surface area (Å²) in [4.78, 5) is 0. The van der Waals surface area contributed by atoms with Gasteiger partial charge in [-0.3, -0.25) is 0 Å². The number of rotatable bonds is 16. The smallest absolute Gasteiger partial charge is 0.0542 e. The molecule has 0 amide bonds. The lowest BCUT2D eigenvalue weighted by Crippen LogP contribution is -2.25. The van der Waals surface area contributed by atoms with Crippen LogP contribution in [0.3, 0.4) is 0 Å². The first kappa shape index (κ1) is 23.3. The molecule has 0 heterocycles. The summed E-state index contributed by atoms with van der Waals surface area (Å²) in [6, 6.07) is 0. The molecule has 0 aromatic heterocycles. The van der Waals surface area contributed by atoms with Gasteiger partial charge in [0.05, 0.1) is 13.2 Å². The Kier molecular flexibility index (Phi) is 13.8. The second kappa shape index (κ2) is 13.6. The monoisotopic (exact) mass is 346 g/mol. The highest BCUT2D eigenvalue weighted by atomic mass is 32.3. The largest absolute Gasteiger partial charge is 0.380 e. The predicted molar refractivity (Wildman–Crippen MR) is 111 cm³/mol. The fraction of sp³-hybridized carbons (Fsp3) is 1.00. The summed E-state index contributed by atoms with van der Waals surface area (Å²) in [6.07, 6.45) is 22.3. The summed E-state index contributed by atoms with van der Waals surface area (Å²) in [5, 5.41) is 0. The summed E-state index contributed by atoms with van der Waals surface area (Å²) < 4.78 is 6.13. The van der Waals surface area contributed by atoms with Crippen LogP contribution < -0.4 is 0 Å². The van der Waals surface area contributed by atoms with Gasteiger partial charge >= 0.3 is 0 Å². The average Bonchev–Trinajstić information content (AvgIpc) is 2.47. The maximum absolute atomic E-state index is 6.13. The van der Waals surface area contributed by atoms with Crippen molar-refractivity contribution in [1.29, 1.82) is 0 Å². The maximum atomic E-state index is 6.13. The minimum atomic E-state index is -0.418. The van der Waals surface area contributed by atoms with Gasteiger partial charge in [-0.05, 0) is 37.0 Å². The van der Waals surface area contributed by atoms with Crippen LogP contribution >= 0.6 is 10.0 Å². The summed E-state index contributed by atoms with van der Waals surface area (Å²) >= 11 is 0. The Labute approximate surface area is 149 Å². The molecule has 23 heavy (non-hydrogen) atoms. The van der Waals surface area contributed by atoms with Crippen LogP contribution in [0.25, 0.3) is 0 Å². The van der Waals surface area contributed by atoms with Crippen molar-refractivity contribution in [3.05, 3.63) is 0 Å². The van der Waals surface area contributed by atoms with E-state index in [0.717, 1.165) is 13.2 Å². The van der Waals surface area contributed by atoms with E-state index in [4.69, 9.17) is 4.74 Å². The zero-order chi connectivity index (χ0) is 17.6. The molecule has 0 spiro atoms. The van der Waals surface area contributed by atoms with E-state index < -0.39 is 10.0 Å². The lowest BCUT2D eigenvalue weighted by atomic mass is 9.80. The molecule has 1 atom stereocenters. The van der Waals surface area contributed by atoms with Gasteiger partial charge in [0, 0.05) is 5.75 Å². The molecule has 2 heteroatoms. The van der Waals surface area contributed by atoms with Crippen molar-refractivity contribution in [2.75, 3.05) is 37.7 Å². The SMILES string of the molecule is CCCCCCCC(C)(CCCCCC)COCCS(C)(C)C. The summed E-state index contributed by atoms with van der Waals surface area (Å²) in [7, 11) is -0.418. The van der Waals surface area contributed by atoms with Gasteiger partial charge in [-0.1, -0.05) is 78.6 Å². The topological polar surface area (TPSA) is 9.23 Å². The van der Waals surface area contributed by atoms with Crippen LogP contribution in [0.1, 0.15) is 91.4 Å². The highest BCUT2D eigenvalue weighted by Crippen LogP contribution is 2.35. The molecule has 0 aliphatic carbocycles. The predicted octanol–water partition coefficient (Wildman–Crippen LogP) is 7.03. The normalized spacial score (nSPS) is 15.6. The molecule has 0 N–H and O–H groups in total. The van der Waals surface area contributed by atoms with Crippen LogP contribution in [0.5, 0.6) is 0 Å². The second-order valence-corrected chi connectivity index (χ2v) is 13.2. The Morgan fingerprint density at radius 3 is 1.70 bits per heavy atom. The first-order valence-corrected chi connectivity index (χ1v) is 13.1. The summed E-state index contributed by atoms with van der Waals surface area (Å²) in [5.41, 5.74) is 0.410. The number of hydrogen-bond acceptors (Lipinski definition) is 1. The molecule has 0 rings (SSSR count). The fourth-order valence-electron chi connectivity index (χ4n) is 3.03. The summed E-state index contributed by atoms with van der Waals surface area (Å²) in [5.74, 6) is 1.25. The van der Waals surface area contributed by atoms with Gasteiger partial charge in [0.15, 0.2) is 0 Å². The van der Waals surface area contributed by atoms with Crippen molar-refractivity contribution < 1.29 is 4.74 Å². The molecular formula is C21H46OS. The highest BCUT2D eigenvalue weighted by Gasteiger charge is 2.23. The van der Waals surface area contributed by atoms with Crippen molar-refractivity contribution >= 4 is 10.0 Å². The molecule has 0 aromatic carbocycles. The molecule has 1 nitrogen and oxygen atoms in total. The van der Waals surface area contributed by atoms with Gasteiger partial charge in [0.25, 0.3) is 0 Å². The van der Waals surface area contributed by atoms with Crippen molar-refractivity contribution in [2.24, 2.45) is 5.41 Å². The van der Waals surface area contributed by atoms with Gasteiger partial charge in [0.1, 0.15) is 0 Å². The third kappa shape index (κ3) is 15.6. The molecule has 0 radical (unpaired) electrons. The van der Waals surface area contributed by atoms with Crippen molar-refractivity contribution in [1.82, 2.24) is 0 Å². The zero-order valence-corrected chi connectivity index (χ0v) is 18.0. The quantitative estimate of drug-likeness (QED) is 0.272. The van der Waals surface area contributed by atoms with Crippen LogP contribution in [0.4, 0.5) is 0 Å². The van der Waals surface area contributed by atoms with Crippen molar-refractivity contribution in [2.45, 2.75) is 91.4 Å². The van der Waals surface area contributed by atoms with E-state index in [1.54, 1.807) is 0 Å². The molecule has 0 saturated carbocycles. The molecule has 0 aliphatic rings. The molecule has 142 valence electrons. The van der Waals surface area contributed by atoms with Crippen molar-refractivity contribution in [3.63, 3.8) is 0 Å². The third-order valence-electron chi connectivity index (χ3n) is 4.81. The Hall–Kier alpha value is 0.310. The molecule has 0 aliphatic heterocycles. The Morgan fingerprint density at radius 1 is 0.739 bits per heavy atom. The van der Waals surface area contributed by atoms with Crippen LogP contribution in [-0.4, -0.2) is 37.7 Å². The summed E-state index contributed by atoms with van der Waals surface area (Å²) in [6.45, 7) is 9.00. The Balaban J connectivity index is 4.13. The van der Waals surface area contributed by atoms with E-state index in [1.165, 1.54) is 76.4 Å². The lowest BCUT2D eigenvalue weighted by Gasteiger charge is -2.31. The Morgan fingerprint density at radius 2 is 1.22 bits per heavy atom. The molecule has 1 unspecified atom stereocenters. The van der Waals surface area contributed by atoms with E-state index in [-0.39, 0.29) is 0 Å². The van der Waals surface area contributed by atoms with E-state index in [0.29, 0.717) is 5.41 Å². The lowest BCUT2D eigenvalue weighted by molar-refractivity contribution is 0.0481. The fourth-order valence-corrected chi connectivity index (χ4v) is 3.65. The van der Waals surface area contributed by atoms with E-state index in [2.05, 4.69) is 39.5 Å². The second-order valence-electron chi connectivity index (χ2n) is 8.63. The molecule has 0 bridgehead atoms. The standard InChI is InChI=1S/C21H46OS/c1-7-9-11-13-15-17-21(3,16-14-12-10-8-2)20-22-18-19-23(4,5)6/h7-20H2,1-6H3. The van der Waals surface area contributed by atoms with Crippen LogP contribution in [0.2, 0.25) is 0 Å². The molecule has 0 aromatic rings. The van der Waals surface area contributed by atoms with Crippen LogP contribution in [0, 0.1) is 5.41 Å². The van der Waals surface area contributed by atoms with Crippen molar-refractivity contribution in [3.8, 4) is 0 Å². The maximum Gasteiger partial charge on any atom is 0.0542 e. The molecular weight excluding hydrogens is 300 g/mol. The highest BCUT2D eigenvalue weighted by molar-refractivity contribution is 8.32. The van der Waals surface area contributed by atoms with Crippen LogP contribution in [0.15, 0.2) is 0 Å². The Bertz CT molecular complexity index is 259. The number of hydrogen-bond donors (Lipinski definition) is 0. The number of ether oxygens (including phenoxy) is 1. The third-order valence-corrected chi connectivity index (χ3v) is 6.20. The minimum Gasteiger partial charge on any atom is -0.380 e. The van der Waals surface area contributed by atoms with Gasteiger partial charge in [0.2, 0.25) is 0 Å². The van der Waals surface area contributed by atoms with Gasteiger partial charge < -0.3 is 4.74 Å². The molecule has 0 fully saturated rings. The zero-order valence-electron chi connectivity index (χ0n) is 17.2. The minimum absolute atomic E-state index is 0.410. The van der Waals surface area contributed by atoms with Gasteiger partial charge in [-0.15, -0.1) is 0 Å². The van der Waals surface area contributed by atoms with Gasteiger partial charge in [-0.2, -0.15) is 0 Å². The van der Waals surface area contributed by atoms with Crippen LogP contribution in [-0.2, 0) is 4.74 Å². The number of unbranched alkanes of at least 4 members (excludes halogenated alkanes) is 7. The molecule has 0 saturated heterocycles. The van der Waals surface area contributed by atoms with E-state index in [9.17, 15) is 0 Å². The van der Waals surface area contributed by atoms with E-state index >= 15 is 0 Å². The van der Waals surface area contributed by atoms with Gasteiger partial charge in [-0.25, -0.2) is 10.0 Å². The first-order chi connectivity index (χ1) is 10.8. The first-order valence-electron chi connectivity index (χ1n) is 10.1. The van der Waals surface area contributed by atoms with E-state index in [1.807, 2.05) is 0 Å².